The van der Waals surface area contributed by atoms with Gasteiger partial charge in [0.1, 0.15) is 0 Å². The molecule has 0 aromatic carbocycles. The van der Waals surface area contributed by atoms with Crippen molar-refractivity contribution in [3.8, 4) is 0 Å². The second kappa shape index (κ2) is 53.1. The summed E-state index contributed by atoms with van der Waals surface area (Å²) in [4.78, 5) is 13.8. The third-order valence-corrected chi connectivity index (χ3v) is 17.3. The number of ether oxygens (including phenoxy) is 1. The van der Waals surface area contributed by atoms with Gasteiger partial charge in [-0.15, -0.1) is 0 Å². The molecule has 0 fully saturated rings. The lowest BCUT2D eigenvalue weighted by Gasteiger charge is -2.26. The average molecular weight is 984 g/mol. The van der Waals surface area contributed by atoms with Gasteiger partial charge in [0, 0.05) is 5.57 Å². The van der Waals surface area contributed by atoms with Crippen molar-refractivity contribution in [3.63, 3.8) is 0 Å². The summed E-state index contributed by atoms with van der Waals surface area (Å²) in [5, 5.41) is 0. The Kier molecular flexibility index (Phi) is 52.5. The Balaban J connectivity index is 5.35. The fourth-order valence-electron chi connectivity index (χ4n) is 11.5. The number of carbonyl (C=O) groups is 1. The summed E-state index contributed by atoms with van der Waals surface area (Å²) < 4.78 is 6.31. The van der Waals surface area contributed by atoms with Gasteiger partial charge in [0.15, 0.2) is 0 Å². The Morgan fingerprint density at radius 3 is 1.01 bits per heavy atom. The summed E-state index contributed by atoms with van der Waals surface area (Å²) in [5.41, 5.74) is 0.851. The first kappa shape index (κ1) is 69.2. The van der Waals surface area contributed by atoms with Crippen molar-refractivity contribution in [3.05, 3.63) is 11.6 Å². The van der Waals surface area contributed by atoms with Crippen LogP contribution in [0, 0.1) is 41.4 Å². The fourth-order valence-corrected chi connectivity index (χ4v) is 11.5. The number of hydrogen-bond donors (Lipinski definition) is 0. The van der Waals surface area contributed by atoms with Gasteiger partial charge in [-0.25, -0.2) is 4.79 Å². The van der Waals surface area contributed by atoms with E-state index in [-0.39, 0.29) is 5.97 Å². The minimum atomic E-state index is -0.0521. The van der Waals surface area contributed by atoms with Crippen LogP contribution in [0.15, 0.2) is 11.6 Å². The van der Waals surface area contributed by atoms with Gasteiger partial charge < -0.3 is 4.74 Å². The van der Waals surface area contributed by atoms with Crippen molar-refractivity contribution in [2.45, 2.75) is 371 Å². The van der Waals surface area contributed by atoms with Gasteiger partial charge in [0.05, 0.1) is 6.61 Å². The highest BCUT2D eigenvalue weighted by atomic mass is 16.5. The van der Waals surface area contributed by atoms with E-state index in [0.29, 0.717) is 24.4 Å². The van der Waals surface area contributed by atoms with Crippen LogP contribution in [0.3, 0.4) is 0 Å². The zero-order valence-electron chi connectivity index (χ0n) is 50.4. The predicted octanol–water partition coefficient (Wildman–Crippen LogP) is 24.3. The molecule has 0 amide bonds. The van der Waals surface area contributed by atoms with Gasteiger partial charge in [-0.05, 0) is 67.6 Å². The Morgan fingerprint density at radius 1 is 0.343 bits per heavy atom. The number of rotatable bonds is 56. The molecule has 0 heterocycles. The third kappa shape index (κ3) is 47.0. The SMILES string of the molecule is CCCCCCCCCCCCC(C)CCC(CC=C(C)C(=O)OCC(CCC(C)CCCCCCCCCCCC)C(C)CCCC(C)CCCCCCC)CCCC(C)CCCCCCCCC. The summed E-state index contributed by atoms with van der Waals surface area (Å²) in [5.74, 6) is 4.90. The fraction of sp³-hybridized carbons (Fsp3) is 0.956. The third-order valence-electron chi connectivity index (χ3n) is 17.3. The van der Waals surface area contributed by atoms with Crippen LogP contribution in [0.5, 0.6) is 0 Å². The molecule has 2 nitrogen and oxygen atoms in total. The molecule has 0 aliphatic rings. The zero-order chi connectivity index (χ0) is 51.6. The normalized spacial score (nSPS) is 15.2. The maximum absolute atomic E-state index is 13.8. The highest BCUT2D eigenvalue weighted by Crippen LogP contribution is 2.30. The lowest BCUT2D eigenvalue weighted by molar-refractivity contribution is -0.141. The number of hydrogen-bond acceptors (Lipinski definition) is 2. The van der Waals surface area contributed by atoms with Gasteiger partial charge >= 0.3 is 5.97 Å². The molecular weight excluding hydrogens is 849 g/mol. The van der Waals surface area contributed by atoms with Crippen molar-refractivity contribution in [2.75, 3.05) is 6.61 Å². The van der Waals surface area contributed by atoms with E-state index in [0.717, 1.165) is 35.7 Å². The van der Waals surface area contributed by atoms with Crippen molar-refractivity contribution in [1.29, 1.82) is 0 Å². The quantitative estimate of drug-likeness (QED) is 0.0345. The highest BCUT2D eigenvalue weighted by molar-refractivity contribution is 5.87. The number of carbonyl (C=O) groups excluding carboxylic acids is 1. The van der Waals surface area contributed by atoms with Crippen LogP contribution in [-0.4, -0.2) is 12.6 Å². The molecule has 0 radical (unpaired) electrons. The highest BCUT2D eigenvalue weighted by Gasteiger charge is 2.22. The summed E-state index contributed by atoms with van der Waals surface area (Å²) in [6, 6.07) is 0. The summed E-state index contributed by atoms with van der Waals surface area (Å²) in [6.45, 7) is 24.4. The molecule has 0 aromatic heterocycles. The molecular formula is C68H134O2. The zero-order valence-corrected chi connectivity index (χ0v) is 50.4. The Morgan fingerprint density at radius 2 is 0.643 bits per heavy atom. The maximum Gasteiger partial charge on any atom is 0.333 e. The largest absolute Gasteiger partial charge is 0.462 e. The van der Waals surface area contributed by atoms with Crippen LogP contribution in [0.1, 0.15) is 371 Å². The van der Waals surface area contributed by atoms with E-state index in [1.807, 2.05) is 6.92 Å². The van der Waals surface area contributed by atoms with Crippen LogP contribution in [0.2, 0.25) is 0 Å². The molecule has 7 unspecified atom stereocenters. The molecule has 0 saturated carbocycles. The second-order valence-corrected chi connectivity index (χ2v) is 24.8. The van der Waals surface area contributed by atoms with Gasteiger partial charge in [-0.2, -0.15) is 0 Å². The van der Waals surface area contributed by atoms with E-state index in [1.54, 1.807) is 0 Å². The average Bonchev–Trinajstić information content (AvgIpc) is 3.35. The molecule has 0 aromatic rings. The molecule has 0 bridgehead atoms. The Hall–Kier alpha value is -0.790. The van der Waals surface area contributed by atoms with Crippen LogP contribution in [0.4, 0.5) is 0 Å². The number of esters is 1. The summed E-state index contributed by atoms with van der Waals surface area (Å²) in [6.07, 6.45) is 67.0. The van der Waals surface area contributed by atoms with Crippen LogP contribution < -0.4 is 0 Å². The molecule has 70 heavy (non-hydrogen) atoms. The van der Waals surface area contributed by atoms with Crippen LogP contribution in [-0.2, 0) is 9.53 Å². The standard InChI is InChI=1S/C68H134O2/c1-11-15-19-23-26-28-30-33-37-41-47-62(7)53-56-66(52-44-50-61(6)46-40-36-32-25-21-17-13-3)57-55-65(10)68(69)70-59-67(64(9)51-43-49-60(5)45-39-35-22-18-14-4)58-54-63(8)48-42-38-34-31-29-27-24-20-16-12-2/h55,60-64,66-67H,11-54,56-59H2,1-10H3. The summed E-state index contributed by atoms with van der Waals surface area (Å²) in [7, 11) is 0. The predicted molar refractivity (Wildman–Crippen MR) is 317 cm³/mol. The van der Waals surface area contributed by atoms with Crippen molar-refractivity contribution < 1.29 is 9.53 Å². The number of unbranched alkanes of at least 4 members (excludes halogenated alkanes) is 28. The van der Waals surface area contributed by atoms with E-state index in [4.69, 9.17) is 4.74 Å². The lowest BCUT2D eigenvalue weighted by atomic mass is 9.83. The molecule has 7 atom stereocenters. The van der Waals surface area contributed by atoms with E-state index >= 15 is 0 Å². The molecule has 0 rings (SSSR count). The molecule has 0 aliphatic heterocycles. The smallest absolute Gasteiger partial charge is 0.333 e. The first-order valence-electron chi connectivity index (χ1n) is 32.9. The Labute approximate surface area is 444 Å². The van der Waals surface area contributed by atoms with E-state index in [9.17, 15) is 4.79 Å². The molecule has 2 heteroatoms. The summed E-state index contributed by atoms with van der Waals surface area (Å²) >= 11 is 0. The van der Waals surface area contributed by atoms with E-state index in [1.165, 1.54) is 295 Å². The molecule has 0 N–H and O–H groups in total. The minimum absolute atomic E-state index is 0.0521. The second-order valence-electron chi connectivity index (χ2n) is 24.8. The molecule has 0 saturated heterocycles. The molecule has 0 aliphatic carbocycles. The van der Waals surface area contributed by atoms with E-state index < -0.39 is 0 Å². The van der Waals surface area contributed by atoms with E-state index in [2.05, 4.69) is 68.4 Å². The molecule has 418 valence electrons. The van der Waals surface area contributed by atoms with Gasteiger partial charge in [0.2, 0.25) is 0 Å². The Bertz CT molecular complexity index is 1080. The molecule has 0 spiro atoms. The monoisotopic (exact) mass is 983 g/mol. The first-order chi connectivity index (χ1) is 34.1. The van der Waals surface area contributed by atoms with Crippen LogP contribution >= 0.6 is 0 Å². The van der Waals surface area contributed by atoms with Crippen molar-refractivity contribution >= 4 is 5.97 Å². The van der Waals surface area contributed by atoms with Crippen molar-refractivity contribution in [2.24, 2.45) is 41.4 Å². The van der Waals surface area contributed by atoms with Crippen LogP contribution in [0.25, 0.3) is 0 Å². The topological polar surface area (TPSA) is 26.3 Å². The van der Waals surface area contributed by atoms with Crippen molar-refractivity contribution in [1.82, 2.24) is 0 Å². The number of allylic oxidation sites excluding steroid dienone is 1. The van der Waals surface area contributed by atoms with Gasteiger partial charge in [0.25, 0.3) is 0 Å². The first-order valence-corrected chi connectivity index (χ1v) is 32.9. The van der Waals surface area contributed by atoms with Gasteiger partial charge in [-0.1, -0.05) is 351 Å². The lowest BCUT2D eigenvalue weighted by Crippen LogP contribution is -2.22. The maximum atomic E-state index is 13.8. The van der Waals surface area contributed by atoms with Gasteiger partial charge in [-0.3, -0.25) is 0 Å². The minimum Gasteiger partial charge on any atom is -0.462 e.